The van der Waals surface area contributed by atoms with Gasteiger partial charge in [-0.15, -0.1) is 0 Å². The van der Waals surface area contributed by atoms with Crippen LogP contribution < -0.4 is 5.73 Å². The lowest BCUT2D eigenvalue weighted by atomic mass is 10.3. The zero-order valence-electron chi connectivity index (χ0n) is 9.35. The Morgan fingerprint density at radius 1 is 1.44 bits per heavy atom. The second-order valence-electron chi connectivity index (χ2n) is 3.37. The van der Waals surface area contributed by atoms with Crippen LogP contribution in [-0.2, 0) is 4.74 Å². The smallest absolute Gasteiger partial charge is 0.409 e. The van der Waals surface area contributed by atoms with E-state index in [9.17, 15) is 4.79 Å². The van der Waals surface area contributed by atoms with Gasteiger partial charge < -0.3 is 20.3 Å². The van der Waals surface area contributed by atoms with Crippen molar-refractivity contribution in [1.82, 2.24) is 9.80 Å². The van der Waals surface area contributed by atoms with Crippen molar-refractivity contribution in [2.45, 2.75) is 6.92 Å². The van der Waals surface area contributed by atoms with Gasteiger partial charge in [0.1, 0.15) is 5.82 Å². The molecule has 16 heavy (non-hydrogen) atoms. The first-order valence-electron chi connectivity index (χ1n) is 5.21. The molecule has 2 N–H and O–H groups in total. The van der Waals surface area contributed by atoms with Gasteiger partial charge in [0, 0.05) is 26.2 Å². The van der Waals surface area contributed by atoms with Crippen LogP contribution in [0.1, 0.15) is 6.92 Å². The standard InChI is InChI=1S/C10H16N4O2/c1-2-16-10(15)14-7-5-13(6-8-14)9(12)3-4-11/h3H,2,5-8,12H2,1H3. The molecule has 1 rings (SSSR count). The molecular weight excluding hydrogens is 208 g/mol. The summed E-state index contributed by atoms with van der Waals surface area (Å²) in [5.41, 5.74) is 5.67. The van der Waals surface area contributed by atoms with Crippen LogP contribution >= 0.6 is 0 Å². The van der Waals surface area contributed by atoms with E-state index >= 15 is 0 Å². The molecule has 6 heteroatoms. The molecule has 1 fully saturated rings. The predicted octanol–water partition coefficient (Wildman–Crippen LogP) is 0.0842. The van der Waals surface area contributed by atoms with Crippen LogP contribution in [0.5, 0.6) is 0 Å². The Bertz CT molecular complexity index is 313. The zero-order chi connectivity index (χ0) is 12.0. The molecule has 0 bridgehead atoms. The maximum atomic E-state index is 11.4. The number of piperazine rings is 1. The molecule has 88 valence electrons. The first kappa shape index (κ1) is 12.2. The fraction of sp³-hybridized carbons (Fsp3) is 0.600. The molecule has 0 saturated carbocycles. The SMILES string of the molecule is CCOC(=O)N1CCN(C(N)=CC#N)CC1. The number of nitrogens with two attached hydrogens (primary N) is 1. The molecule has 0 spiro atoms. The molecular formula is C10H16N4O2. The van der Waals surface area contributed by atoms with Gasteiger partial charge in [0.2, 0.25) is 0 Å². The van der Waals surface area contributed by atoms with Crippen molar-refractivity contribution in [3.8, 4) is 6.07 Å². The maximum absolute atomic E-state index is 11.4. The van der Waals surface area contributed by atoms with Gasteiger partial charge >= 0.3 is 6.09 Å². The first-order valence-corrected chi connectivity index (χ1v) is 5.21. The van der Waals surface area contributed by atoms with Crippen LogP contribution in [0.3, 0.4) is 0 Å². The third-order valence-electron chi connectivity index (χ3n) is 2.38. The highest BCUT2D eigenvalue weighted by atomic mass is 16.6. The molecule has 0 aromatic carbocycles. The minimum atomic E-state index is -0.287. The van der Waals surface area contributed by atoms with Gasteiger partial charge in [-0.1, -0.05) is 0 Å². The second-order valence-corrected chi connectivity index (χ2v) is 3.37. The summed E-state index contributed by atoms with van der Waals surface area (Å²) >= 11 is 0. The topological polar surface area (TPSA) is 82.6 Å². The predicted molar refractivity (Wildman–Crippen MR) is 58.1 cm³/mol. The van der Waals surface area contributed by atoms with Crippen LogP contribution in [0.25, 0.3) is 0 Å². The second kappa shape index (κ2) is 5.85. The van der Waals surface area contributed by atoms with Gasteiger partial charge in [0.25, 0.3) is 0 Å². The van der Waals surface area contributed by atoms with Crippen LogP contribution in [0.15, 0.2) is 11.9 Å². The fourth-order valence-corrected chi connectivity index (χ4v) is 1.52. The van der Waals surface area contributed by atoms with Crippen molar-refractivity contribution in [1.29, 1.82) is 5.26 Å². The van der Waals surface area contributed by atoms with E-state index in [0.29, 0.717) is 38.6 Å². The Morgan fingerprint density at radius 3 is 2.50 bits per heavy atom. The van der Waals surface area contributed by atoms with E-state index in [1.54, 1.807) is 11.8 Å². The number of hydrogen-bond acceptors (Lipinski definition) is 5. The van der Waals surface area contributed by atoms with Crippen molar-refractivity contribution in [2.75, 3.05) is 32.8 Å². The molecule has 0 aliphatic carbocycles. The van der Waals surface area contributed by atoms with Gasteiger partial charge in [0.05, 0.1) is 18.8 Å². The average molecular weight is 224 g/mol. The van der Waals surface area contributed by atoms with Crippen molar-refractivity contribution in [2.24, 2.45) is 5.73 Å². The lowest BCUT2D eigenvalue weighted by Gasteiger charge is -2.35. The highest BCUT2D eigenvalue weighted by molar-refractivity contribution is 5.67. The largest absolute Gasteiger partial charge is 0.450 e. The molecule has 0 unspecified atom stereocenters. The average Bonchev–Trinajstić information content (AvgIpc) is 2.30. The number of nitriles is 1. The Hall–Kier alpha value is -1.90. The summed E-state index contributed by atoms with van der Waals surface area (Å²) in [6, 6.07) is 1.89. The molecule has 0 atom stereocenters. The van der Waals surface area contributed by atoms with Gasteiger partial charge in [-0.3, -0.25) is 0 Å². The number of carbonyl (C=O) groups excluding carboxylic acids is 1. The summed E-state index contributed by atoms with van der Waals surface area (Å²) in [6.07, 6.45) is 1.02. The maximum Gasteiger partial charge on any atom is 0.409 e. The van der Waals surface area contributed by atoms with Gasteiger partial charge in [0.15, 0.2) is 0 Å². The van der Waals surface area contributed by atoms with Gasteiger partial charge in [-0.2, -0.15) is 5.26 Å². The van der Waals surface area contributed by atoms with Crippen molar-refractivity contribution >= 4 is 6.09 Å². The Labute approximate surface area is 94.9 Å². The number of rotatable bonds is 2. The van der Waals surface area contributed by atoms with E-state index in [1.807, 2.05) is 11.0 Å². The van der Waals surface area contributed by atoms with Crippen LogP contribution in [-0.4, -0.2) is 48.7 Å². The van der Waals surface area contributed by atoms with Gasteiger partial charge in [-0.25, -0.2) is 4.79 Å². The monoisotopic (exact) mass is 224 g/mol. The molecule has 1 amide bonds. The van der Waals surface area contributed by atoms with Gasteiger partial charge in [-0.05, 0) is 6.92 Å². The molecule has 1 saturated heterocycles. The highest BCUT2D eigenvalue weighted by Gasteiger charge is 2.21. The molecule has 1 aliphatic rings. The first-order chi connectivity index (χ1) is 7.69. The van der Waals surface area contributed by atoms with E-state index in [1.165, 1.54) is 6.08 Å². The summed E-state index contributed by atoms with van der Waals surface area (Å²) in [5, 5.41) is 8.46. The molecule has 0 radical (unpaired) electrons. The van der Waals surface area contributed by atoms with E-state index in [0.717, 1.165) is 0 Å². The third kappa shape index (κ3) is 3.05. The molecule has 1 aliphatic heterocycles. The lowest BCUT2D eigenvalue weighted by Crippen LogP contribution is -2.49. The lowest BCUT2D eigenvalue weighted by molar-refractivity contribution is 0.0866. The number of ether oxygens (including phenoxy) is 1. The molecule has 1 heterocycles. The molecule has 6 nitrogen and oxygen atoms in total. The highest BCUT2D eigenvalue weighted by Crippen LogP contribution is 2.06. The summed E-state index contributed by atoms with van der Waals surface area (Å²) in [5.74, 6) is 0.450. The van der Waals surface area contributed by atoms with E-state index < -0.39 is 0 Å². The van der Waals surface area contributed by atoms with Crippen molar-refractivity contribution in [3.05, 3.63) is 11.9 Å². The Morgan fingerprint density at radius 2 is 2.00 bits per heavy atom. The number of hydrogen-bond donors (Lipinski definition) is 1. The zero-order valence-corrected chi connectivity index (χ0v) is 9.35. The van der Waals surface area contributed by atoms with Crippen LogP contribution in [0, 0.1) is 11.3 Å². The summed E-state index contributed by atoms with van der Waals surface area (Å²) in [4.78, 5) is 14.9. The Kier molecular flexibility index (Phi) is 4.45. The minimum Gasteiger partial charge on any atom is -0.450 e. The number of amides is 1. The fourth-order valence-electron chi connectivity index (χ4n) is 1.52. The quantitative estimate of drug-likeness (QED) is 0.672. The number of nitrogens with zero attached hydrogens (tertiary/aromatic N) is 3. The number of allylic oxidation sites excluding steroid dienone is 1. The normalized spacial score (nSPS) is 16.9. The summed E-state index contributed by atoms with van der Waals surface area (Å²) < 4.78 is 4.89. The van der Waals surface area contributed by atoms with Crippen molar-refractivity contribution in [3.63, 3.8) is 0 Å². The summed E-state index contributed by atoms with van der Waals surface area (Å²) in [7, 11) is 0. The summed E-state index contributed by atoms with van der Waals surface area (Å²) in [6.45, 7) is 4.56. The number of carbonyl (C=O) groups is 1. The molecule has 0 aromatic heterocycles. The molecule has 0 aromatic rings. The van der Waals surface area contributed by atoms with Crippen LogP contribution in [0.4, 0.5) is 4.79 Å². The van der Waals surface area contributed by atoms with E-state index in [2.05, 4.69) is 0 Å². The third-order valence-corrected chi connectivity index (χ3v) is 2.38. The van der Waals surface area contributed by atoms with Crippen LogP contribution in [0.2, 0.25) is 0 Å². The minimum absolute atomic E-state index is 0.287. The van der Waals surface area contributed by atoms with Crippen molar-refractivity contribution < 1.29 is 9.53 Å². The Balaban J connectivity index is 2.43. The van der Waals surface area contributed by atoms with E-state index in [4.69, 9.17) is 15.7 Å². The van der Waals surface area contributed by atoms with E-state index in [-0.39, 0.29) is 6.09 Å².